The van der Waals surface area contributed by atoms with Crippen molar-refractivity contribution in [2.75, 3.05) is 6.61 Å². The lowest BCUT2D eigenvalue weighted by Crippen LogP contribution is -2.10. The number of non-ortho nitro benzene ring substituents is 1. The topological polar surface area (TPSA) is 115 Å². The lowest BCUT2D eigenvalue weighted by Gasteiger charge is -2.01. The number of hydrogen-bond acceptors (Lipinski definition) is 7. The minimum atomic E-state index is -0.512. The number of fused-ring (bicyclic) bond motifs is 1. The number of H-pyrrole nitrogens is 1. The first kappa shape index (κ1) is 19.7. The molecule has 0 amide bonds. The molecule has 144 valence electrons. The van der Waals surface area contributed by atoms with Gasteiger partial charge < -0.3 is 9.72 Å². The lowest BCUT2D eigenvalue weighted by molar-refractivity contribution is -0.384. The number of benzene rings is 1. The molecule has 3 aromatic rings. The molecule has 10 heteroatoms. The molecule has 0 fully saturated rings. The third-order valence-electron chi connectivity index (χ3n) is 3.86. The van der Waals surface area contributed by atoms with Crippen molar-refractivity contribution in [3.8, 4) is 0 Å². The molecule has 28 heavy (non-hydrogen) atoms. The Hall–Kier alpha value is -3.04. The molecule has 1 N–H and O–H groups in total. The summed E-state index contributed by atoms with van der Waals surface area (Å²) in [4.78, 5) is 42.5. The van der Waals surface area contributed by atoms with Crippen molar-refractivity contribution in [1.29, 1.82) is 0 Å². The molecule has 0 bridgehead atoms. The number of aryl methyl sites for hydroxylation is 1. The number of thiophene rings is 1. The Morgan fingerprint density at radius 1 is 1.46 bits per heavy atom. The summed E-state index contributed by atoms with van der Waals surface area (Å²) >= 11 is 7.33. The Morgan fingerprint density at radius 2 is 2.21 bits per heavy atom. The first-order chi connectivity index (χ1) is 13.3. The first-order valence-corrected chi connectivity index (χ1v) is 9.33. The molecular formula is C18H14ClN3O5S. The second-order valence-corrected chi connectivity index (χ2v) is 7.12. The van der Waals surface area contributed by atoms with Crippen molar-refractivity contribution in [2.45, 2.75) is 13.8 Å². The third-order valence-corrected chi connectivity index (χ3v) is 5.32. The van der Waals surface area contributed by atoms with Gasteiger partial charge in [0.05, 0.1) is 21.9 Å². The van der Waals surface area contributed by atoms with Gasteiger partial charge in [-0.05, 0) is 31.1 Å². The van der Waals surface area contributed by atoms with Crippen LogP contribution in [0.25, 0.3) is 21.3 Å². The summed E-state index contributed by atoms with van der Waals surface area (Å²) in [6.45, 7) is 3.57. The van der Waals surface area contributed by atoms with Crippen LogP contribution in [0.15, 0.2) is 29.1 Å². The molecule has 0 atom stereocenters. The average Bonchev–Trinajstić information content (AvgIpc) is 2.99. The van der Waals surface area contributed by atoms with E-state index in [1.165, 1.54) is 24.3 Å². The molecule has 0 aliphatic carbocycles. The van der Waals surface area contributed by atoms with E-state index in [9.17, 15) is 19.7 Å². The molecule has 8 nitrogen and oxygen atoms in total. The predicted molar refractivity (Wildman–Crippen MR) is 108 cm³/mol. The van der Waals surface area contributed by atoms with Crippen LogP contribution in [0.5, 0.6) is 0 Å². The van der Waals surface area contributed by atoms with Gasteiger partial charge in [-0.3, -0.25) is 14.9 Å². The molecule has 1 aromatic carbocycles. The van der Waals surface area contributed by atoms with Gasteiger partial charge in [-0.15, -0.1) is 11.3 Å². The monoisotopic (exact) mass is 419 g/mol. The van der Waals surface area contributed by atoms with Crippen molar-refractivity contribution >= 4 is 55.9 Å². The fraction of sp³-hybridized carbons (Fsp3) is 0.167. The normalized spacial score (nSPS) is 11.6. The molecule has 3 rings (SSSR count). The van der Waals surface area contributed by atoms with Crippen molar-refractivity contribution in [3.05, 3.63) is 66.6 Å². The van der Waals surface area contributed by atoms with Gasteiger partial charge in [0.25, 0.3) is 11.2 Å². The maximum Gasteiger partial charge on any atom is 0.348 e. The van der Waals surface area contributed by atoms with Crippen LogP contribution in [0, 0.1) is 17.0 Å². The van der Waals surface area contributed by atoms with E-state index in [1.807, 2.05) is 0 Å². The number of ether oxygens (including phenoxy) is 1. The number of nitrogens with one attached hydrogen (secondary N) is 1. The SMILES string of the molecule is CCOC(=O)c1sc2nc(/C(Cl)=C/c3cccc([N+](=O)[O-])c3)[nH]c(=O)c2c1C. The van der Waals surface area contributed by atoms with Crippen molar-refractivity contribution < 1.29 is 14.5 Å². The molecule has 0 unspecified atom stereocenters. The van der Waals surface area contributed by atoms with Gasteiger partial charge in [-0.25, -0.2) is 9.78 Å². The van der Waals surface area contributed by atoms with Crippen LogP contribution in [-0.4, -0.2) is 27.5 Å². The molecule has 2 heterocycles. The molecule has 2 aromatic heterocycles. The van der Waals surface area contributed by atoms with Gasteiger partial charge in [0.2, 0.25) is 0 Å². The summed E-state index contributed by atoms with van der Waals surface area (Å²) in [6, 6.07) is 5.89. The van der Waals surface area contributed by atoms with Crippen LogP contribution in [-0.2, 0) is 4.74 Å². The summed E-state index contributed by atoms with van der Waals surface area (Å²) < 4.78 is 5.00. The van der Waals surface area contributed by atoms with Crippen LogP contribution < -0.4 is 5.56 Å². The van der Waals surface area contributed by atoms with Gasteiger partial charge in [-0.1, -0.05) is 23.7 Å². The molecule has 0 radical (unpaired) electrons. The number of carbonyl (C=O) groups is 1. The molecule has 0 aliphatic rings. The van der Waals surface area contributed by atoms with E-state index in [1.54, 1.807) is 19.9 Å². The number of hydrogen-bond donors (Lipinski definition) is 1. The third kappa shape index (κ3) is 3.80. The Morgan fingerprint density at radius 3 is 2.89 bits per heavy atom. The van der Waals surface area contributed by atoms with Gasteiger partial charge in [-0.2, -0.15) is 0 Å². The number of nitro benzene ring substituents is 1. The van der Waals surface area contributed by atoms with E-state index in [4.69, 9.17) is 16.3 Å². The lowest BCUT2D eigenvalue weighted by atomic mass is 10.2. The molecule has 0 spiro atoms. The molecule has 0 saturated carbocycles. The van der Waals surface area contributed by atoms with Gasteiger partial charge in [0, 0.05) is 12.1 Å². The fourth-order valence-electron chi connectivity index (χ4n) is 2.59. The number of esters is 1. The summed E-state index contributed by atoms with van der Waals surface area (Å²) in [7, 11) is 0. The van der Waals surface area contributed by atoms with E-state index in [-0.39, 0.29) is 23.2 Å². The number of halogens is 1. The van der Waals surface area contributed by atoms with Crippen LogP contribution in [0.2, 0.25) is 0 Å². The number of carbonyl (C=O) groups excluding carboxylic acids is 1. The van der Waals surface area contributed by atoms with Crippen LogP contribution >= 0.6 is 22.9 Å². The highest BCUT2D eigenvalue weighted by atomic mass is 35.5. The summed E-state index contributed by atoms with van der Waals surface area (Å²) in [5, 5.41) is 11.3. The van der Waals surface area contributed by atoms with Crippen molar-refractivity contribution in [3.63, 3.8) is 0 Å². The van der Waals surface area contributed by atoms with Gasteiger partial charge in [0.1, 0.15) is 9.71 Å². The maximum atomic E-state index is 12.5. The number of aromatic nitrogens is 2. The Balaban J connectivity index is 2.06. The summed E-state index contributed by atoms with van der Waals surface area (Å²) in [5.41, 5.74) is 0.465. The van der Waals surface area contributed by atoms with E-state index in [2.05, 4.69) is 9.97 Å². The quantitative estimate of drug-likeness (QED) is 0.378. The molecule has 0 aliphatic heterocycles. The van der Waals surface area contributed by atoms with Gasteiger partial charge in [0.15, 0.2) is 5.82 Å². The van der Waals surface area contributed by atoms with E-state index in [0.717, 1.165) is 11.3 Å². The Kier molecular flexibility index (Phi) is 5.57. The standard InChI is InChI=1S/C18H14ClN3O5S/c1-3-27-18(24)14-9(2)13-16(23)20-15(21-17(13)28-14)12(19)8-10-5-4-6-11(7-10)22(25)26/h4-8H,3H2,1-2H3,(H,20,21,23)/b12-8-. The summed E-state index contributed by atoms with van der Waals surface area (Å²) in [5.74, 6) is -0.412. The molecular weight excluding hydrogens is 406 g/mol. The minimum absolute atomic E-state index is 0.0805. The number of nitro groups is 1. The largest absolute Gasteiger partial charge is 0.462 e. The zero-order valence-electron chi connectivity index (χ0n) is 14.8. The zero-order chi connectivity index (χ0) is 20.4. The van der Waals surface area contributed by atoms with Gasteiger partial charge >= 0.3 is 5.97 Å². The average molecular weight is 420 g/mol. The van der Waals surface area contributed by atoms with Crippen molar-refractivity contribution in [2.24, 2.45) is 0 Å². The minimum Gasteiger partial charge on any atom is -0.462 e. The highest BCUT2D eigenvalue weighted by Gasteiger charge is 2.20. The second-order valence-electron chi connectivity index (χ2n) is 5.72. The second kappa shape index (κ2) is 7.91. The van der Waals surface area contributed by atoms with Crippen LogP contribution in [0.4, 0.5) is 5.69 Å². The van der Waals surface area contributed by atoms with E-state index >= 15 is 0 Å². The smallest absolute Gasteiger partial charge is 0.348 e. The summed E-state index contributed by atoms with van der Waals surface area (Å²) in [6.07, 6.45) is 1.46. The first-order valence-electron chi connectivity index (χ1n) is 8.14. The predicted octanol–water partition coefficient (Wildman–Crippen LogP) is 4.11. The fourth-order valence-corrected chi connectivity index (χ4v) is 3.88. The Bertz CT molecular complexity index is 1180. The highest BCUT2D eigenvalue weighted by Crippen LogP contribution is 2.29. The number of rotatable bonds is 5. The van der Waals surface area contributed by atoms with Crippen LogP contribution in [0.3, 0.4) is 0 Å². The van der Waals surface area contributed by atoms with E-state index < -0.39 is 16.5 Å². The van der Waals surface area contributed by atoms with Crippen LogP contribution in [0.1, 0.15) is 33.5 Å². The highest BCUT2D eigenvalue weighted by molar-refractivity contribution is 7.20. The Labute approximate surface area is 167 Å². The number of aromatic amines is 1. The zero-order valence-corrected chi connectivity index (χ0v) is 16.4. The maximum absolute atomic E-state index is 12.5. The van der Waals surface area contributed by atoms with E-state index in [0.29, 0.717) is 26.2 Å². The van der Waals surface area contributed by atoms with Crippen molar-refractivity contribution in [1.82, 2.24) is 9.97 Å². The number of nitrogens with zero attached hydrogens (tertiary/aromatic N) is 2. The molecule has 0 saturated heterocycles.